The van der Waals surface area contributed by atoms with Crippen LogP contribution < -0.4 is 31.0 Å². The topological polar surface area (TPSA) is 176 Å². The number of aryl methyl sites for hydroxylation is 2. The minimum absolute atomic E-state index is 0.225. The zero-order chi connectivity index (χ0) is 46.5. The van der Waals surface area contributed by atoms with Crippen LogP contribution in [0.3, 0.4) is 0 Å². The molecule has 2 N–H and O–H groups in total. The molecule has 4 aromatic carbocycles. The van der Waals surface area contributed by atoms with E-state index in [0.717, 1.165) is 77.1 Å². The van der Waals surface area contributed by atoms with Crippen LogP contribution in [0.4, 0.5) is 22.0 Å². The maximum Gasteiger partial charge on any atom is 0.350 e. The second-order valence-corrected chi connectivity index (χ2v) is 17.3. The first kappa shape index (κ1) is 43.0. The summed E-state index contributed by atoms with van der Waals surface area (Å²) in [5.74, 6) is -0.655. The first-order valence-corrected chi connectivity index (χ1v) is 22.5. The minimum atomic E-state index is -0.457. The number of benzene rings is 4. The van der Waals surface area contributed by atoms with Gasteiger partial charge in [0.25, 0.3) is 5.91 Å². The highest BCUT2D eigenvalue weighted by molar-refractivity contribution is 6.07. The quantitative estimate of drug-likeness (QED) is 0.175. The van der Waals surface area contributed by atoms with Crippen LogP contribution in [-0.2, 0) is 30.2 Å². The Bertz CT molecular complexity index is 3160. The van der Waals surface area contributed by atoms with E-state index in [1.54, 1.807) is 48.3 Å². The van der Waals surface area contributed by atoms with E-state index in [4.69, 9.17) is 10.1 Å². The van der Waals surface area contributed by atoms with Gasteiger partial charge in [0.15, 0.2) is 0 Å². The number of piperidine rings is 1. The Balaban J connectivity index is 0.889. The zero-order valence-electron chi connectivity index (χ0n) is 37.8. The van der Waals surface area contributed by atoms with Crippen molar-refractivity contribution in [3.8, 4) is 27.9 Å². The average Bonchev–Trinajstić information content (AvgIpc) is 4.01. The van der Waals surface area contributed by atoms with Crippen molar-refractivity contribution in [1.29, 1.82) is 0 Å². The fourth-order valence-corrected chi connectivity index (χ4v) is 9.74. The molecule has 1 unspecified atom stereocenters. The van der Waals surface area contributed by atoms with Gasteiger partial charge in [-0.05, 0) is 89.2 Å². The summed E-state index contributed by atoms with van der Waals surface area (Å²) in [6.07, 6.45) is 4.00. The molecule has 3 aromatic heterocycles. The second-order valence-electron chi connectivity index (χ2n) is 17.3. The summed E-state index contributed by atoms with van der Waals surface area (Å²) in [5.41, 5.74) is 9.97. The number of rotatable bonds is 10. The molecule has 5 amide bonds. The minimum Gasteiger partial charge on any atom is -0.367 e. The van der Waals surface area contributed by atoms with Crippen LogP contribution in [0, 0.1) is 6.92 Å². The summed E-state index contributed by atoms with van der Waals surface area (Å²) in [5, 5.41) is 15.1. The van der Waals surface area contributed by atoms with E-state index >= 15 is 0 Å². The Morgan fingerprint density at radius 2 is 1.57 bits per heavy atom. The van der Waals surface area contributed by atoms with Crippen LogP contribution in [0.15, 0.2) is 108 Å². The number of imide groups is 1. The van der Waals surface area contributed by atoms with Crippen molar-refractivity contribution in [3.05, 3.63) is 136 Å². The molecule has 17 nitrogen and oxygen atoms in total. The van der Waals surface area contributed by atoms with E-state index in [9.17, 15) is 24.0 Å². The van der Waals surface area contributed by atoms with E-state index in [1.165, 1.54) is 21.1 Å². The van der Waals surface area contributed by atoms with Crippen molar-refractivity contribution < 1.29 is 19.2 Å². The fraction of sp³-hybridized carbons (Fsp3) is 0.280. The Kier molecular flexibility index (Phi) is 11.2. The first-order chi connectivity index (χ1) is 32.5. The van der Waals surface area contributed by atoms with Crippen LogP contribution >= 0.6 is 0 Å². The van der Waals surface area contributed by atoms with Gasteiger partial charge in [-0.25, -0.2) is 23.8 Å². The molecule has 0 saturated carbocycles. The first-order valence-electron chi connectivity index (χ1n) is 22.5. The second kappa shape index (κ2) is 17.5. The lowest BCUT2D eigenvalue weighted by Gasteiger charge is -2.36. The molecule has 10 rings (SSSR count). The van der Waals surface area contributed by atoms with Crippen LogP contribution in [-0.4, -0.2) is 104 Å². The molecular weight excluding hydrogens is 849 g/mol. The van der Waals surface area contributed by atoms with E-state index in [1.807, 2.05) is 61.1 Å². The van der Waals surface area contributed by atoms with Gasteiger partial charge >= 0.3 is 11.7 Å². The summed E-state index contributed by atoms with van der Waals surface area (Å²) < 4.78 is 4.68. The maximum atomic E-state index is 14.0. The third-order valence-corrected chi connectivity index (χ3v) is 13.3. The van der Waals surface area contributed by atoms with Crippen LogP contribution in [0.2, 0.25) is 0 Å². The van der Waals surface area contributed by atoms with Crippen molar-refractivity contribution in [1.82, 2.24) is 44.6 Å². The molecule has 3 saturated heterocycles. The van der Waals surface area contributed by atoms with Gasteiger partial charge in [0, 0.05) is 96.2 Å². The number of piperazine rings is 1. The Labute approximate surface area is 386 Å². The number of fused-ring (bicyclic) bond motifs is 1. The lowest BCUT2D eigenvalue weighted by Crippen LogP contribution is -2.46. The van der Waals surface area contributed by atoms with Gasteiger partial charge < -0.3 is 10.2 Å². The molecule has 3 aliphatic heterocycles. The summed E-state index contributed by atoms with van der Waals surface area (Å²) in [6, 6.07) is 29.4. The maximum absolute atomic E-state index is 14.0. The molecule has 0 spiro atoms. The number of hydrogen-bond donors (Lipinski definition) is 2. The molecule has 6 heterocycles. The molecule has 340 valence electrons. The molecule has 17 heteroatoms. The van der Waals surface area contributed by atoms with E-state index in [-0.39, 0.29) is 29.4 Å². The molecule has 67 heavy (non-hydrogen) atoms. The molecule has 3 fully saturated rings. The Hall–Kier alpha value is -7.92. The number of amides is 5. The molecule has 3 aliphatic rings. The van der Waals surface area contributed by atoms with Crippen molar-refractivity contribution in [2.45, 2.75) is 32.2 Å². The number of nitrogens with one attached hydrogen (secondary N) is 2. The molecular formula is C50H50N12O5. The monoisotopic (exact) mass is 898 g/mol. The molecule has 1 atom stereocenters. The normalized spacial score (nSPS) is 16.9. The molecule has 0 bridgehead atoms. The number of aromatic nitrogens is 6. The van der Waals surface area contributed by atoms with Gasteiger partial charge in [0.2, 0.25) is 11.8 Å². The lowest BCUT2D eigenvalue weighted by molar-refractivity contribution is -0.134. The zero-order valence-corrected chi connectivity index (χ0v) is 37.8. The number of urea groups is 1. The van der Waals surface area contributed by atoms with Gasteiger partial charge in [0.05, 0.1) is 28.5 Å². The van der Waals surface area contributed by atoms with Crippen LogP contribution in [0.25, 0.3) is 38.8 Å². The molecule has 0 radical (unpaired) electrons. The van der Waals surface area contributed by atoms with E-state index in [2.05, 4.69) is 55.9 Å². The number of para-hydroxylation sites is 1. The summed E-state index contributed by atoms with van der Waals surface area (Å²) in [6.45, 7) is 6.93. The van der Waals surface area contributed by atoms with E-state index < -0.39 is 5.92 Å². The predicted molar refractivity (Wildman–Crippen MR) is 255 cm³/mol. The highest BCUT2D eigenvalue weighted by Gasteiger charge is 2.35. The SMILES string of the molecule is CNC(=O)c1cccc(N2CCN(c3nccc(-c4ccc(-n5cnn(C)c5=O)cc4-c4ccc(CN5CCN(c6cccc7c(C8CCC(=O)NC8=O)nn(C)c67)CC5)cc4)c3C)C2=O)c1. The van der Waals surface area contributed by atoms with Gasteiger partial charge in [0.1, 0.15) is 12.1 Å². The standard InChI is InChI=1S/C50H50N12O5/c1-31-37(19-20-52-46(31)61-26-25-60(50(61)67)35-8-5-7-34(27-35)47(64)51-2)38-16-15-36(62-30-53-57(4)49(62)66)28-41(38)33-13-11-32(12-14-33)29-58-21-23-59(24-22-58)42-10-6-9-39-44(55-56(3)45(39)42)40-17-18-43(63)54-48(40)65/h5-16,19-20,27-28,30,40H,17-18,21-26,29H2,1-4H3,(H,51,64)(H,54,63,65). The number of pyridine rings is 1. The van der Waals surface area contributed by atoms with Gasteiger partial charge in [-0.3, -0.25) is 39.1 Å². The van der Waals surface area contributed by atoms with Gasteiger partial charge in [-0.15, -0.1) is 0 Å². The van der Waals surface area contributed by atoms with Crippen molar-refractivity contribution >= 4 is 51.8 Å². The summed E-state index contributed by atoms with van der Waals surface area (Å²) >= 11 is 0. The highest BCUT2D eigenvalue weighted by atomic mass is 16.2. The highest BCUT2D eigenvalue weighted by Crippen LogP contribution is 2.39. The molecule has 0 aliphatic carbocycles. The Morgan fingerprint density at radius 1 is 0.791 bits per heavy atom. The van der Waals surface area contributed by atoms with Crippen molar-refractivity contribution in [3.63, 3.8) is 0 Å². The van der Waals surface area contributed by atoms with Crippen LogP contribution in [0.5, 0.6) is 0 Å². The molecule has 7 aromatic rings. The smallest absolute Gasteiger partial charge is 0.350 e. The third kappa shape index (κ3) is 7.90. The number of anilines is 3. The predicted octanol–water partition coefficient (Wildman–Crippen LogP) is 5.14. The number of carbonyl (C=O) groups is 4. The van der Waals surface area contributed by atoms with Crippen LogP contribution in [0.1, 0.15) is 45.9 Å². The Morgan fingerprint density at radius 3 is 2.31 bits per heavy atom. The number of carbonyl (C=O) groups excluding carboxylic acids is 4. The lowest BCUT2D eigenvalue weighted by atomic mass is 9.91. The van der Waals surface area contributed by atoms with E-state index in [0.29, 0.717) is 54.4 Å². The number of nitrogens with zero attached hydrogens (tertiary/aromatic N) is 10. The summed E-state index contributed by atoms with van der Waals surface area (Å²) in [7, 11) is 5.11. The van der Waals surface area contributed by atoms with Gasteiger partial charge in [-0.1, -0.05) is 48.5 Å². The fourth-order valence-electron chi connectivity index (χ4n) is 9.74. The number of hydrogen-bond acceptors (Lipinski definition) is 10. The largest absolute Gasteiger partial charge is 0.367 e. The third-order valence-electron chi connectivity index (χ3n) is 13.3. The average molecular weight is 899 g/mol. The van der Waals surface area contributed by atoms with Crippen molar-refractivity contribution in [2.75, 3.05) is 61.0 Å². The van der Waals surface area contributed by atoms with Gasteiger partial charge in [-0.2, -0.15) is 10.2 Å². The summed E-state index contributed by atoms with van der Waals surface area (Å²) in [4.78, 5) is 77.0. The van der Waals surface area contributed by atoms with Crippen molar-refractivity contribution in [2.24, 2.45) is 14.1 Å².